The summed E-state index contributed by atoms with van der Waals surface area (Å²) in [5, 5.41) is 0. The summed E-state index contributed by atoms with van der Waals surface area (Å²) in [6.07, 6.45) is 6.44. The Labute approximate surface area is 89.9 Å². The van der Waals surface area contributed by atoms with Gasteiger partial charge in [-0.05, 0) is 44.2 Å². The molecule has 1 aromatic heterocycles. The maximum absolute atomic E-state index is 11.6. The Bertz CT molecular complexity index is 372. The molecule has 0 radical (unpaired) electrons. The van der Waals surface area contributed by atoms with Crippen molar-refractivity contribution < 1.29 is 0 Å². The summed E-state index contributed by atoms with van der Waals surface area (Å²) in [6.45, 7) is 0.765. The normalized spacial score (nSPS) is 25.7. The molecule has 1 aromatic rings. The van der Waals surface area contributed by atoms with Crippen molar-refractivity contribution in [2.45, 2.75) is 31.7 Å². The molecule has 15 heavy (non-hydrogen) atoms. The summed E-state index contributed by atoms with van der Waals surface area (Å²) in [7, 11) is 0. The summed E-state index contributed by atoms with van der Waals surface area (Å²) in [5.41, 5.74) is 5.68. The van der Waals surface area contributed by atoms with Crippen LogP contribution in [0.15, 0.2) is 29.2 Å². The highest BCUT2D eigenvalue weighted by Crippen LogP contribution is 2.35. The minimum Gasteiger partial charge on any atom is -0.330 e. The van der Waals surface area contributed by atoms with Crippen LogP contribution in [-0.4, -0.2) is 11.1 Å². The average molecular weight is 206 g/mol. The lowest BCUT2D eigenvalue weighted by Gasteiger charge is -2.13. The monoisotopic (exact) mass is 206 g/mol. The molecular weight excluding hydrogens is 188 g/mol. The van der Waals surface area contributed by atoms with Gasteiger partial charge in [0.2, 0.25) is 0 Å². The van der Waals surface area contributed by atoms with Gasteiger partial charge in [0.15, 0.2) is 0 Å². The molecule has 0 spiro atoms. The van der Waals surface area contributed by atoms with Crippen molar-refractivity contribution in [3.05, 3.63) is 34.7 Å². The SMILES string of the molecule is NCCC1CCC(n2ccccc2=O)C1. The van der Waals surface area contributed by atoms with E-state index in [0.717, 1.165) is 25.8 Å². The van der Waals surface area contributed by atoms with Crippen molar-refractivity contribution in [2.75, 3.05) is 6.54 Å². The summed E-state index contributed by atoms with van der Waals surface area (Å²) in [5.74, 6) is 0.715. The lowest BCUT2D eigenvalue weighted by atomic mass is 10.0. The molecule has 2 N–H and O–H groups in total. The molecule has 0 amide bonds. The second-order valence-corrected chi connectivity index (χ2v) is 4.36. The van der Waals surface area contributed by atoms with Crippen LogP contribution >= 0.6 is 0 Å². The van der Waals surface area contributed by atoms with Crippen LogP contribution in [0.5, 0.6) is 0 Å². The fourth-order valence-corrected chi connectivity index (χ4v) is 2.54. The van der Waals surface area contributed by atoms with E-state index in [2.05, 4.69) is 0 Å². The maximum atomic E-state index is 11.6. The predicted octanol–water partition coefficient (Wildman–Crippen LogP) is 1.54. The molecular formula is C12H18N2O. The first-order chi connectivity index (χ1) is 7.31. The van der Waals surface area contributed by atoms with Gasteiger partial charge in [-0.25, -0.2) is 0 Å². The number of hydrogen-bond donors (Lipinski definition) is 1. The molecule has 1 aliphatic rings. The van der Waals surface area contributed by atoms with E-state index in [1.54, 1.807) is 12.1 Å². The first kappa shape index (κ1) is 10.4. The van der Waals surface area contributed by atoms with Crippen LogP contribution in [0, 0.1) is 5.92 Å². The molecule has 1 aliphatic carbocycles. The molecule has 82 valence electrons. The number of pyridine rings is 1. The fourth-order valence-electron chi connectivity index (χ4n) is 2.54. The lowest BCUT2D eigenvalue weighted by molar-refractivity contribution is 0.452. The fraction of sp³-hybridized carbons (Fsp3) is 0.583. The van der Waals surface area contributed by atoms with E-state index in [0.29, 0.717) is 12.0 Å². The largest absolute Gasteiger partial charge is 0.330 e. The summed E-state index contributed by atoms with van der Waals surface area (Å²) in [4.78, 5) is 11.6. The van der Waals surface area contributed by atoms with E-state index in [9.17, 15) is 4.79 Å². The van der Waals surface area contributed by atoms with Crippen LogP contribution < -0.4 is 11.3 Å². The van der Waals surface area contributed by atoms with E-state index in [4.69, 9.17) is 5.73 Å². The zero-order chi connectivity index (χ0) is 10.7. The third-order valence-electron chi connectivity index (χ3n) is 3.33. The van der Waals surface area contributed by atoms with E-state index in [1.165, 1.54) is 6.42 Å². The van der Waals surface area contributed by atoms with Gasteiger partial charge >= 0.3 is 0 Å². The number of hydrogen-bond acceptors (Lipinski definition) is 2. The molecule has 0 aromatic carbocycles. The third kappa shape index (κ3) is 2.29. The second-order valence-electron chi connectivity index (χ2n) is 4.36. The molecule has 0 aliphatic heterocycles. The Morgan fingerprint density at radius 3 is 3.00 bits per heavy atom. The Hall–Kier alpha value is -1.09. The predicted molar refractivity (Wildman–Crippen MR) is 60.8 cm³/mol. The number of rotatable bonds is 3. The summed E-state index contributed by atoms with van der Waals surface area (Å²) < 4.78 is 1.87. The van der Waals surface area contributed by atoms with Crippen molar-refractivity contribution in [3.8, 4) is 0 Å². The van der Waals surface area contributed by atoms with Gasteiger partial charge < -0.3 is 10.3 Å². The zero-order valence-corrected chi connectivity index (χ0v) is 8.93. The molecule has 1 saturated carbocycles. The van der Waals surface area contributed by atoms with Gasteiger partial charge in [-0.3, -0.25) is 4.79 Å². The molecule has 3 heteroatoms. The smallest absolute Gasteiger partial charge is 0.250 e. The van der Waals surface area contributed by atoms with E-state index in [1.807, 2.05) is 16.8 Å². The van der Waals surface area contributed by atoms with Gasteiger partial charge in [0, 0.05) is 18.3 Å². The van der Waals surface area contributed by atoms with Gasteiger partial charge in [-0.15, -0.1) is 0 Å². The van der Waals surface area contributed by atoms with Gasteiger partial charge in [0.25, 0.3) is 5.56 Å². The molecule has 0 saturated heterocycles. The van der Waals surface area contributed by atoms with Gasteiger partial charge in [-0.1, -0.05) is 6.07 Å². The highest BCUT2D eigenvalue weighted by Gasteiger charge is 2.25. The van der Waals surface area contributed by atoms with Crippen LogP contribution in [0.4, 0.5) is 0 Å². The quantitative estimate of drug-likeness (QED) is 0.815. The van der Waals surface area contributed by atoms with E-state index >= 15 is 0 Å². The lowest BCUT2D eigenvalue weighted by Crippen LogP contribution is -2.21. The Balaban J connectivity index is 2.08. The first-order valence-corrected chi connectivity index (χ1v) is 5.68. The maximum Gasteiger partial charge on any atom is 0.250 e. The van der Waals surface area contributed by atoms with Crippen LogP contribution in [0.3, 0.4) is 0 Å². The molecule has 3 nitrogen and oxygen atoms in total. The molecule has 0 bridgehead atoms. The highest BCUT2D eigenvalue weighted by atomic mass is 16.1. The van der Waals surface area contributed by atoms with Crippen LogP contribution in [-0.2, 0) is 0 Å². The van der Waals surface area contributed by atoms with Crippen LogP contribution in [0.2, 0.25) is 0 Å². The van der Waals surface area contributed by atoms with Crippen LogP contribution in [0.25, 0.3) is 0 Å². The van der Waals surface area contributed by atoms with Crippen molar-refractivity contribution >= 4 is 0 Å². The Kier molecular flexibility index (Phi) is 3.21. The van der Waals surface area contributed by atoms with Crippen molar-refractivity contribution in [2.24, 2.45) is 11.7 Å². The third-order valence-corrected chi connectivity index (χ3v) is 3.33. The highest BCUT2D eigenvalue weighted by molar-refractivity contribution is 4.96. The zero-order valence-electron chi connectivity index (χ0n) is 8.93. The van der Waals surface area contributed by atoms with E-state index in [-0.39, 0.29) is 5.56 Å². The molecule has 2 rings (SSSR count). The molecule has 2 atom stereocenters. The number of aromatic nitrogens is 1. The second kappa shape index (κ2) is 4.62. The topological polar surface area (TPSA) is 48.0 Å². The van der Waals surface area contributed by atoms with Crippen LogP contribution in [0.1, 0.15) is 31.7 Å². The number of nitrogens with zero attached hydrogens (tertiary/aromatic N) is 1. The Morgan fingerprint density at radius 2 is 2.27 bits per heavy atom. The number of nitrogens with two attached hydrogens (primary N) is 1. The van der Waals surface area contributed by atoms with Crippen molar-refractivity contribution in [3.63, 3.8) is 0 Å². The molecule has 2 unspecified atom stereocenters. The molecule has 1 heterocycles. The van der Waals surface area contributed by atoms with E-state index < -0.39 is 0 Å². The minimum absolute atomic E-state index is 0.121. The average Bonchev–Trinajstić information content (AvgIpc) is 2.68. The first-order valence-electron chi connectivity index (χ1n) is 5.68. The minimum atomic E-state index is 0.121. The standard InChI is InChI=1S/C12H18N2O/c13-7-6-10-4-5-11(9-10)14-8-2-1-3-12(14)15/h1-3,8,10-11H,4-7,9,13H2. The summed E-state index contributed by atoms with van der Waals surface area (Å²) >= 11 is 0. The van der Waals surface area contributed by atoms with Gasteiger partial charge in [0.1, 0.15) is 0 Å². The van der Waals surface area contributed by atoms with Crippen molar-refractivity contribution in [1.29, 1.82) is 0 Å². The molecule has 1 fully saturated rings. The van der Waals surface area contributed by atoms with Gasteiger partial charge in [-0.2, -0.15) is 0 Å². The summed E-state index contributed by atoms with van der Waals surface area (Å²) in [6, 6.07) is 5.76. The van der Waals surface area contributed by atoms with Gasteiger partial charge in [0.05, 0.1) is 0 Å². The van der Waals surface area contributed by atoms with Crippen molar-refractivity contribution in [1.82, 2.24) is 4.57 Å². The Morgan fingerprint density at radius 1 is 1.40 bits per heavy atom.